The fourth-order valence-corrected chi connectivity index (χ4v) is 3.21. The molecule has 1 rings (SSSR count). The van der Waals surface area contributed by atoms with E-state index in [0.717, 1.165) is 12.5 Å². The second kappa shape index (κ2) is 11.1. The molecular weight excluding hydrogens is 447 g/mol. The topological polar surface area (TPSA) is 100 Å². The van der Waals surface area contributed by atoms with E-state index in [-0.39, 0.29) is 47.5 Å². The van der Waals surface area contributed by atoms with E-state index in [1.54, 1.807) is 14.0 Å². The SMILES string of the molecule is CCS(=O)(=O)NCCCNC(=NC)N1CC(C)C(C(=O)OC)C1.I. The largest absolute Gasteiger partial charge is 0.469 e. The summed E-state index contributed by atoms with van der Waals surface area (Å²) in [5.74, 6) is 0.682. The maximum atomic E-state index is 11.7. The van der Waals surface area contributed by atoms with Crippen molar-refractivity contribution in [3.05, 3.63) is 0 Å². The minimum atomic E-state index is -3.14. The average Bonchev–Trinajstić information content (AvgIpc) is 2.91. The molecule has 10 heteroatoms. The molecular formula is C14H29IN4O4S. The van der Waals surface area contributed by atoms with Gasteiger partial charge in [-0.15, -0.1) is 24.0 Å². The number of nitrogens with one attached hydrogen (secondary N) is 2. The van der Waals surface area contributed by atoms with Crippen LogP contribution in [0.15, 0.2) is 4.99 Å². The predicted molar refractivity (Wildman–Crippen MR) is 105 cm³/mol. The molecule has 0 aromatic carbocycles. The van der Waals surface area contributed by atoms with Crippen LogP contribution in [0.1, 0.15) is 20.3 Å². The standard InChI is InChI=1S/C14H28N4O4S.HI/c1-5-23(20,21)17-8-6-7-16-14(15-3)18-9-11(2)12(10-18)13(19)22-4;/h11-12,17H,5-10H2,1-4H3,(H,15,16);1H. The normalized spacial score (nSPS) is 21.3. The lowest BCUT2D eigenvalue weighted by Gasteiger charge is -2.21. The highest BCUT2D eigenvalue weighted by atomic mass is 127. The first-order chi connectivity index (χ1) is 10.8. The van der Waals surface area contributed by atoms with Gasteiger partial charge in [-0.3, -0.25) is 9.79 Å². The van der Waals surface area contributed by atoms with Gasteiger partial charge in [0, 0.05) is 33.2 Å². The molecule has 2 N–H and O–H groups in total. The molecule has 1 fully saturated rings. The highest BCUT2D eigenvalue weighted by Crippen LogP contribution is 2.23. The third-order valence-corrected chi connectivity index (χ3v) is 5.37. The van der Waals surface area contributed by atoms with Crippen molar-refractivity contribution >= 4 is 45.9 Å². The molecule has 2 atom stereocenters. The minimum absolute atomic E-state index is 0. The zero-order valence-electron chi connectivity index (χ0n) is 14.7. The number of ether oxygens (including phenoxy) is 1. The maximum absolute atomic E-state index is 11.7. The Morgan fingerprint density at radius 2 is 2.00 bits per heavy atom. The van der Waals surface area contributed by atoms with Crippen molar-refractivity contribution in [2.24, 2.45) is 16.8 Å². The number of carbonyl (C=O) groups excluding carboxylic acids is 1. The van der Waals surface area contributed by atoms with E-state index < -0.39 is 10.0 Å². The molecule has 1 heterocycles. The first-order valence-electron chi connectivity index (χ1n) is 7.85. The highest BCUT2D eigenvalue weighted by molar-refractivity contribution is 14.0. The van der Waals surface area contributed by atoms with Crippen molar-refractivity contribution in [3.8, 4) is 0 Å². The monoisotopic (exact) mass is 476 g/mol. The first-order valence-corrected chi connectivity index (χ1v) is 9.50. The van der Waals surface area contributed by atoms with Gasteiger partial charge in [0.25, 0.3) is 0 Å². The third-order valence-electron chi connectivity index (χ3n) is 3.97. The molecule has 0 aliphatic carbocycles. The Kier molecular flexibility index (Phi) is 10.8. The third kappa shape index (κ3) is 7.09. The number of methoxy groups -OCH3 is 1. The number of aliphatic imine (C=N–C) groups is 1. The van der Waals surface area contributed by atoms with Crippen LogP contribution in [-0.4, -0.2) is 71.3 Å². The van der Waals surface area contributed by atoms with Crippen molar-refractivity contribution in [3.63, 3.8) is 0 Å². The Morgan fingerprint density at radius 3 is 2.54 bits per heavy atom. The summed E-state index contributed by atoms with van der Waals surface area (Å²) in [6, 6.07) is 0. The average molecular weight is 476 g/mol. The molecule has 0 bridgehead atoms. The lowest BCUT2D eigenvalue weighted by molar-refractivity contribution is -0.145. The van der Waals surface area contributed by atoms with Crippen LogP contribution in [0.25, 0.3) is 0 Å². The molecule has 0 spiro atoms. The quantitative estimate of drug-likeness (QED) is 0.180. The zero-order chi connectivity index (χ0) is 17.5. The molecule has 0 aromatic rings. The summed E-state index contributed by atoms with van der Waals surface area (Å²) in [6.07, 6.45) is 0.655. The molecule has 2 unspecified atom stereocenters. The number of guanidine groups is 1. The van der Waals surface area contributed by atoms with E-state index >= 15 is 0 Å². The van der Waals surface area contributed by atoms with Crippen LogP contribution in [0, 0.1) is 11.8 Å². The van der Waals surface area contributed by atoms with E-state index in [1.807, 2.05) is 11.8 Å². The van der Waals surface area contributed by atoms with Crippen LogP contribution in [0.4, 0.5) is 0 Å². The van der Waals surface area contributed by atoms with E-state index in [1.165, 1.54) is 7.11 Å². The molecule has 1 saturated heterocycles. The Hall–Kier alpha value is -0.620. The number of halogens is 1. The molecule has 24 heavy (non-hydrogen) atoms. The van der Waals surface area contributed by atoms with Crippen LogP contribution >= 0.6 is 24.0 Å². The van der Waals surface area contributed by atoms with Gasteiger partial charge in [0.15, 0.2) is 5.96 Å². The van der Waals surface area contributed by atoms with Crippen LogP contribution in [0.3, 0.4) is 0 Å². The number of sulfonamides is 1. The summed E-state index contributed by atoms with van der Waals surface area (Å²) in [6.45, 7) is 5.94. The number of rotatable bonds is 7. The second-order valence-electron chi connectivity index (χ2n) is 5.64. The molecule has 142 valence electrons. The molecule has 0 saturated carbocycles. The van der Waals surface area contributed by atoms with Crippen LogP contribution in [0.5, 0.6) is 0 Å². The van der Waals surface area contributed by atoms with Gasteiger partial charge < -0.3 is 15.0 Å². The molecule has 1 aliphatic rings. The number of nitrogens with zero attached hydrogens (tertiary/aromatic N) is 2. The van der Waals surface area contributed by atoms with Gasteiger partial charge in [0.1, 0.15) is 0 Å². The van der Waals surface area contributed by atoms with Crippen LogP contribution in [0.2, 0.25) is 0 Å². The van der Waals surface area contributed by atoms with Gasteiger partial charge in [-0.1, -0.05) is 6.92 Å². The summed E-state index contributed by atoms with van der Waals surface area (Å²) >= 11 is 0. The number of carbonyl (C=O) groups is 1. The van der Waals surface area contributed by atoms with Gasteiger partial charge in [0.05, 0.1) is 18.8 Å². The van der Waals surface area contributed by atoms with Gasteiger partial charge in [-0.2, -0.15) is 0 Å². The summed E-state index contributed by atoms with van der Waals surface area (Å²) in [4.78, 5) is 18.0. The Labute approximate surface area is 161 Å². The fraction of sp³-hybridized carbons (Fsp3) is 0.857. The smallest absolute Gasteiger partial charge is 0.310 e. The lowest BCUT2D eigenvalue weighted by atomic mass is 9.99. The summed E-state index contributed by atoms with van der Waals surface area (Å²) < 4.78 is 30.0. The van der Waals surface area contributed by atoms with Gasteiger partial charge in [-0.25, -0.2) is 13.1 Å². The second-order valence-corrected chi connectivity index (χ2v) is 7.73. The predicted octanol–water partition coefficient (Wildman–Crippen LogP) is 0.250. The van der Waals surface area contributed by atoms with Gasteiger partial charge in [-0.05, 0) is 19.3 Å². The first kappa shape index (κ1) is 23.4. The minimum Gasteiger partial charge on any atom is -0.469 e. The highest BCUT2D eigenvalue weighted by Gasteiger charge is 2.36. The summed E-state index contributed by atoms with van der Waals surface area (Å²) in [7, 11) is -0.0407. The number of hydrogen-bond donors (Lipinski definition) is 2. The van der Waals surface area contributed by atoms with E-state index in [2.05, 4.69) is 15.0 Å². The summed E-state index contributed by atoms with van der Waals surface area (Å²) in [5, 5.41) is 3.20. The Bertz CT molecular complexity index is 527. The van der Waals surface area contributed by atoms with Crippen LogP contribution in [-0.2, 0) is 19.6 Å². The van der Waals surface area contributed by atoms with Crippen molar-refractivity contribution < 1.29 is 17.9 Å². The number of likely N-dealkylation sites (tertiary alicyclic amines) is 1. The van der Waals surface area contributed by atoms with Gasteiger partial charge >= 0.3 is 5.97 Å². The Balaban J connectivity index is 0.00000529. The number of hydrogen-bond acceptors (Lipinski definition) is 5. The fourth-order valence-electron chi connectivity index (χ4n) is 2.55. The molecule has 0 aromatic heterocycles. The van der Waals surface area contributed by atoms with Crippen molar-refractivity contribution in [2.45, 2.75) is 20.3 Å². The van der Waals surface area contributed by atoms with Crippen molar-refractivity contribution in [1.82, 2.24) is 14.9 Å². The Morgan fingerprint density at radius 1 is 1.33 bits per heavy atom. The van der Waals surface area contributed by atoms with E-state index in [4.69, 9.17) is 4.74 Å². The van der Waals surface area contributed by atoms with E-state index in [9.17, 15) is 13.2 Å². The zero-order valence-corrected chi connectivity index (χ0v) is 17.9. The molecule has 0 amide bonds. The van der Waals surface area contributed by atoms with E-state index in [0.29, 0.717) is 26.1 Å². The summed E-state index contributed by atoms with van der Waals surface area (Å²) in [5.41, 5.74) is 0. The van der Waals surface area contributed by atoms with Gasteiger partial charge in [0.2, 0.25) is 10.0 Å². The maximum Gasteiger partial charge on any atom is 0.310 e. The van der Waals surface area contributed by atoms with Crippen molar-refractivity contribution in [2.75, 3.05) is 46.1 Å². The lowest BCUT2D eigenvalue weighted by Crippen LogP contribution is -2.41. The molecule has 0 radical (unpaired) electrons. The molecule has 1 aliphatic heterocycles. The number of esters is 1. The van der Waals surface area contributed by atoms with Crippen molar-refractivity contribution in [1.29, 1.82) is 0 Å². The van der Waals surface area contributed by atoms with Crippen LogP contribution < -0.4 is 10.0 Å². The molecule has 8 nitrogen and oxygen atoms in total.